The molecule has 0 aliphatic heterocycles. The quantitative estimate of drug-likeness (QED) is 0.201. The van der Waals surface area contributed by atoms with Crippen LogP contribution >= 0.6 is 0 Å². The van der Waals surface area contributed by atoms with Crippen molar-refractivity contribution < 1.29 is 10.0 Å². The van der Waals surface area contributed by atoms with Crippen LogP contribution in [-0.4, -0.2) is 36.6 Å². The Morgan fingerprint density at radius 3 is 2.57 bits per heavy atom. The van der Waals surface area contributed by atoms with Gasteiger partial charge >= 0.3 is 0 Å². The first-order chi connectivity index (χ1) is 6.52. The zero-order chi connectivity index (χ0) is 11.1. The monoisotopic (exact) mass is 202 g/mol. The van der Waals surface area contributed by atoms with Crippen LogP contribution in [0.15, 0.2) is 5.16 Å². The number of hydrogen-bond donors (Lipinski definition) is 4. The Morgan fingerprint density at radius 2 is 2.14 bits per heavy atom. The van der Waals surface area contributed by atoms with Crippen molar-refractivity contribution in [3.05, 3.63) is 0 Å². The highest BCUT2D eigenvalue weighted by molar-refractivity contribution is 5.83. The van der Waals surface area contributed by atoms with E-state index in [-0.39, 0.29) is 23.7 Å². The molecule has 0 rings (SSSR count). The number of hydrogen-bond acceptors (Lipinski definition) is 4. The molecular formula is C8H18N4O2. The number of carbonyl (C=O) groups excluding carboxylic acids is 1. The van der Waals surface area contributed by atoms with E-state index in [2.05, 4.69) is 15.8 Å². The molecular weight excluding hydrogens is 184 g/mol. The fourth-order valence-corrected chi connectivity index (χ4v) is 0.866. The fraction of sp³-hybridized carbons (Fsp3) is 0.750. The van der Waals surface area contributed by atoms with Gasteiger partial charge in [-0.2, -0.15) is 0 Å². The summed E-state index contributed by atoms with van der Waals surface area (Å²) < 4.78 is 0. The second kappa shape index (κ2) is 6.20. The molecule has 0 fully saturated rings. The Kier molecular flexibility index (Phi) is 5.62. The first kappa shape index (κ1) is 12.7. The van der Waals surface area contributed by atoms with E-state index in [1.807, 2.05) is 0 Å². The average molecular weight is 202 g/mol. The van der Waals surface area contributed by atoms with Crippen LogP contribution in [0.25, 0.3) is 0 Å². The van der Waals surface area contributed by atoms with E-state index in [1.165, 1.54) is 0 Å². The molecule has 0 aromatic carbocycles. The predicted molar refractivity (Wildman–Crippen MR) is 54.1 cm³/mol. The second-order valence-electron chi connectivity index (χ2n) is 3.17. The van der Waals surface area contributed by atoms with E-state index in [0.29, 0.717) is 6.54 Å². The summed E-state index contributed by atoms with van der Waals surface area (Å²) in [6.45, 7) is 4.04. The van der Waals surface area contributed by atoms with Gasteiger partial charge in [0.25, 0.3) is 0 Å². The molecule has 0 aliphatic carbocycles. The summed E-state index contributed by atoms with van der Waals surface area (Å²) in [5.41, 5.74) is 5.37. The van der Waals surface area contributed by atoms with Gasteiger partial charge in [-0.25, -0.2) is 0 Å². The maximum Gasteiger partial charge on any atom is 0.236 e. The van der Waals surface area contributed by atoms with E-state index in [0.717, 1.165) is 0 Å². The predicted octanol–water partition coefficient (Wildman–Crippen LogP) is -0.907. The first-order valence-corrected chi connectivity index (χ1v) is 4.45. The summed E-state index contributed by atoms with van der Waals surface area (Å²) >= 11 is 0. The molecule has 0 heterocycles. The van der Waals surface area contributed by atoms with Crippen molar-refractivity contribution in [2.24, 2.45) is 16.8 Å². The lowest BCUT2D eigenvalue weighted by Gasteiger charge is -2.15. The van der Waals surface area contributed by atoms with Crippen molar-refractivity contribution >= 4 is 11.7 Å². The minimum atomic E-state index is -0.283. The van der Waals surface area contributed by atoms with Gasteiger partial charge in [-0.05, 0) is 6.92 Å². The second-order valence-corrected chi connectivity index (χ2v) is 3.17. The lowest BCUT2D eigenvalue weighted by molar-refractivity contribution is -0.122. The van der Waals surface area contributed by atoms with Gasteiger partial charge in [0.05, 0.1) is 6.04 Å². The van der Waals surface area contributed by atoms with Crippen LogP contribution in [0.1, 0.15) is 13.8 Å². The minimum Gasteiger partial charge on any atom is -0.409 e. The molecule has 0 aromatic rings. The zero-order valence-corrected chi connectivity index (χ0v) is 8.74. The molecule has 0 bridgehead atoms. The number of rotatable bonds is 5. The number of carbonyl (C=O) groups is 1. The van der Waals surface area contributed by atoms with E-state index >= 15 is 0 Å². The molecule has 5 N–H and O–H groups in total. The molecule has 0 radical (unpaired) electrons. The standard InChI is InChI=1S/C8H18N4O2/c1-5(7(9)12-14)4-11-6(2)8(13)10-3/h5-6,11,14H,4H2,1-3H3,(H2,9,12)(H,10,13). The minimum absolute atomic E-state index is 0.0864. The topological polar surface area (TPSA) is 99.7 Å². The molecule has 1 amide bonds. The number of nitrogens with one attached hydrogen (secondary N) is 2. The van der Waals surface area contributed by atoms with Crippen LogP contribution < -0.4 is 16.4 Å². The molecule has 6 heteroatoms. The Bertz CT molecular complexity index is 217. The van der Waals surface area contributed by atoms with Gasteiger partial charge in [-0.1, -0.05) is 12.1 Å². The van der Waals surface area contributed by atoms with Gasteiger partial charge in [0.2, 0.25) is 5.91 Å². The van der Waals surface area contributed by atoms with E-state index < -0.39 is 0 Å². The summed E-state index contributed by atoms with van der Waals surface area (Å²) in [6.07, 6.45) is 0. The third-order valence-corrected chi connectivity index (χ3v) is 1.99. The van der Waals surface area contributed by atoms with Gasteiger partial charge in [-0.15, -0.1) is 0 Å². The molecule has 82 valence electrons. The largest absolute Gasteiger partial charge is 0.409 e. The van der Waals surface area contributed by atoms with Crippen LogP contribution in [0.5, 0.6) is 0 Å². The Balaban J connectivity index is 3.88. The molecule has 0 saturated heterocycles. The smallest absolute Gasteiger partial charge is 0.236 e. The van der Waals surface area contributed by atoms with E-state index in [9.17, 15) is 4.79 Å². The lowest BCUT2D eigenvalue weighted by Crippen LogP contribution is -2.43. The number of amides is 1. The fourth-order valence-electron chi connectivity index (χ4n) is 0.866. The number of oxime groups is 1. The van der Waals surface area contributed by atoms with Crippen molar-refractivity contribution in [1.82, 2.24) is 10.6 Å². The van der Waals surface area contributed by atoms with Gasteiger partial charge < -0.3 is 21.6 Å². The molecule has 6 nitrogen and oxygen atoms in total. The summed E-state index contributed by atoms with van der Waals surface area (Å²) in [4.78, 5) is 11.1. The van der Waals surface area contributed by atoms with Crippen LogP contribution in [0.3, 0.4) is 0 Å². The van der Waals surface area contributed by atoms with Gasteiger partial charge in [0.1, 0.15) is 5.84 Å². The lowest BCUT2D eigenvalue weighted by atomic mass is 10.1. The van der Waals surface area contributed by atoms with Crippen LogP contribution in [0.2, 0.25) is 0 Å². The number of nitrogens with two attached hydrogens (primary N) is 1. The van der Waals surface area contributed by atoms with E-state index in [4.69, 9.17) is 10.9 Å². The normalized spacial score (nSPS) is 16.1. The first-order valence-electron chi connectivity index (χ1n) is 4.45. The van der Waals surface area contributed by atoms with Crippen molar-refractivity contribution in [2.45, 2.75) is 19.9 Å². The Hall–Kier alpha value is -1.30. The highest BCUT2D eigenvalue weighted by Crippen LogP contribution is 1.93. The summed E-state index contributed by atoms with van der Waals surface area (Å²) in [5.74, 6) is -0.0366. The maximum atomic E-state index is 11.1. The van der Waals surface area contributed by atoms with Gasteiger partial charge in [0.15, 0.2) is 0 Å². The van der Waals surface area contributed by atoms with Crippen LogP contribution in [-0.2, 0) is 4.79 Å². The Labute approximate surface area is 83.5 Å². The van der Waals surface area contributed by atoms with E-state index in [1.54, 1.807) is 20.9 Å². The van der Waals surface area contributed by atoms with Crippen molar-refractivity contribution in [2.75, 3.05) is 13.6 Å². The molecule has 0 saturated carbocycles. The third kappa shape index (κ3) is 4.08. The third-order valence-electron chi connectivity index (χ3n) is 1.99. The van der Waals surface area contributed by atoms with Crippen molar-refractivity contribution in [1.29, 1.82) is 0 Å². The maximum absolute atomic E-state index is 11.1. The SMILES string of the molecule is CNC(=O)C(C)NCC(C)C(N)=NO. The van der Waals surface area contributed by atoms with Crippen molar-refractivity contribution in [3.63, 3.8) is 0 Å². The molecule has 2 unspecified atom stereocenters. The van der Waals surface area contributed by atoms with Crippen molar-refractivity contribution in [3.8, 4) is 0 Å². The highest BCUT2D eigenvalue weighted by atomic mass is 16.4. The summed E-state index contributed by atoms with van der Waals surface area (Å²) in [7, 11) is 1.58. The zero-order valence-electron chi connectivity index (χ0n) is 8.74. The molecule has 2 atom stereocenters. The van der Waals surface area contributed by atoms with Crippen LogP contribution in [0.4, 0.5) is 0 Å². The number of likely N-dealkylation sites (N-methyl/N-ethyl adjacent to an activating group) is 1. The highest BCUT2D eigenvalue weighted by Gasteiger charge is 2.13. The number of amidine groups is 1. The molecule has 0 aromatic heterocycles. The Morgan fingerprint density at radius 1 is 1.57 bits per heavy atom. The number of nitrogens with zero attached hydrogens (tertiary/aromatic N) is 1. The van der Waals surface area contributed by atoms with Crippen LogP contribution in [0, 0.1) is 5.92 Å². The molecule has 0 aliphatic rings. The molecule has 14 heavy (non-hydrogen) atoms. The molecule has 0 spiro atoms. The summed E-state index contributed by atoms with van der Waals surface area (Å²) in [6, 6.07) is -0.283. The average Bonchev–Trinajstić information content (AvgIpc) is 2.22. The van der Waals surface area contributed by atoms with Gasteiger partial charge in [0, 0.05) is 19.5 Å². The van der Waals surface area contributed by atoms with Gasteiger partial charge in [-0.3, -0.25) is 4.79 Å². The summed E-state index contributed by atoms with van der Waals surface area (Å²) in [5, 5.41) is 16.8.